The van der Waals surface area contributed by atoms with Gasteiger partial charge in [0.05, 0.1) is 0 Å². The van der Waals surface area contributed by atoms with E-state index in [4.69, 9.17) is 14.7 Å². The molecule has 0 saturated carbocycles. The molecule has 1 aromatic carbocycles. The Morgan fingerprint density at radius 2 is 1.36 bits per heavy atom. The third-order valence-electron chi connectivity index (χ3n) is 1.16. The molecule has 58 valence electrons. The second-order valence-corrected chi connectivity index (χ2v) is 3.85. The summed E-state index contributed by atoms with van der Waals surface area (Å²) in [7, 11) is -4.03. The summed E-state index contributed by atoms with van der Waals surface area (Å²) in [4.78, 5) is 26.2. The van der Waals surface area contributed by atoms with Gasteiger partial charge in [-0.1, -0.05) is 0 Å². The molecule has 0 atom stereocenters. The van der Waals surface area contributed by atoms with Crippen molar-refractivity contribution in [1.82, 2.24) is 0 Å². The van der Waals surface area contributed by atoms with Crippen LogP contribution >= 0.6 is 7.94 Å². The molecule has 5 heteroatoms. The number of hydrogen-bond donors (Lipinski definition) is 3. The number of benzene rings is 1. The summed E-state index contributed by atoms with van der Waals surface area (Å²) in [6.07, 6.45) is 0. The maximum Gasteiger partial charge on any atom is 0 e. The fourth-order valence-electron chi connectivity index (χ4n) is 0.662. The van der Waals surface area contributed by atoms with Gasteiger partial charge in [-0.3, -0.25) is 0 Å². The molecule has 0 bridgehead atoms. The SMILES string of the molecule is O[PH](O)(O)c1ccccc1.[Zn]. The van der Waals surface area contributed by atoms with Gasteiger partial charge in [0, 0.05) is 19.5 Å². The van der Waals surface area contributed by atoms with Crippen molar-refractivity contribution in [2.24, 2.45) is 0 Å². The van der Waals surface area contributed by atoms with Crippen LogP contribution in [0.1, 0.15) is 0 Å². The van der Waals surface area contributed by atoms with Crippen LogP contribution in [0.4, 0.5) is 0 Å². The third kappa shape index (κ3) is 3.37. The summed E-state index contributed by atoms with van der Waals surface area (Å²) in [6.45, 7) is 0. The van der Waals surface area contributed by atoms with Gasteiger partial charge in [-0.05, 0) is 0 Å². The largest absolute Gasteiger partial charge is 0 e. The summed E-state index contributed by atoms with van der Waals surface area (Å²) in [5.74, 6) is 0. The van der Waals surface area contributed by atoms with Gasteiger partial charge in [-0.25, -0.2) is 0 Å². The van der Waals surface area contributed by atoms with Crippen molar-refractivity contribution in [2.75, 3.05) is 0 Å². The summed E-state index contributed by atoms with van der Waals surface area (Å²) < 4.78 is 0. The molecule has 0 aromatic heterocycles. The zero-order chi connectivity index (χ0) is 7.61. The molecule has 0 spiro atoms. The topological polar surface area (TPSA) is 60.7 Å². The maximum absolute atomic E-state index is 8.74. The Balaban J connectivity index is 0.000001000. The van der Waals surface area contributed by atoms with E-state index in [9.17, 15) is 0 Å². The molecule has 0 amide bonds. The van der Waals surface area contributed by atoms with Gasteiger partial charge in [0.25, 0.3) is 0 Å². The minimum Gasteiger partial charge on any atom is 0 e. The zero-order valence-electron chi connectivity index (χ0n) is 5.94. The van der Waals surface area contributed by atoms with Gasteiger partial charge in [0.2, 0.25) is 0 Å². The first-order valence-electron chi connectivity index (χ1n) is 2.83. The first kappa shape index (κ1) is 11.2. The van der Waals surface area contributed by atoms with Crippen LogP contribution in [0.25, 0.3) is 0 Å². The van der Waals surface area contributed by atoms with E-state index in [-0.39, 0.29) is 24.8 Å². The van der Waals surface area contributed by atoms with Crippen molar-refractivity contribution in [3.8, 4) is 0 Å². The average Bonchev–Trinajstić information content (AvgIpc) is 1.88. The minimum absolute atomic E-state index is 0. The van der Waals surface area contributed by atoms with Gasteiger partial charge in [0.1, 0.15) is 0 Å². The Hall–Kier alpha value is 0.153. The fraction of sp³-hybridized carbons (Fsp3) is 0. The molecular weight excluding hydrogens is 216 g/mol. The van der Waals surface area contributed by atoms with Gasteiger partial charge < -0.3 is 0 Å². The van der Waals surface area contributed by atoms with E-state index in [1.807, 2.05) is 0 Å². The van der Waals surface area contributed by atoms with E-state index < -0.39 is 7.94 Å². The van der Waals surface area contributed by atoms with Crippen LogP contribution in [0.3, 0.4) is 0 Å². The molecule has 0 aliphatic carbocycles. The first-order chi connectivity index (χ1) is 4.61. The Morgan fingerprint density at radius 1 is 0.909 bits per heavy atom. The molecule has 0 fully saturated rings. The van der Waals surface area contributed by atoms with E-state index >= 15 is 0 Å². The predicted octanol–water partition coefficient (Wildman–Crippen LogP) is -0.219. The monoisotopic (exact) mass is 224 g/mol. The van der Waals surface area contributed by atoms with Crippen molar-refractivity contribution in [3.05, 3.63) is 30.3 Å². The van der Waals surface area contributed by atoms with Gasteiger partial charge in [-0.15, -0.1) is 0 Å². The van der Waals surface area contributed by atoms with Gasteiger partial charge in [-0.2, -0.15) is 0 Å². The quantitative estimate of drug-likeness (QED) is 0.458. The van der Waals surface area contributed by atoms with Gasteiger partial charge >= 0.3 is 58.3 Å². The zero-order valence-corrected chi connectivity index (χ0v) is 9.90. The number of hydrogen-bond acceptors (Lipinski definition) is 3. The molecule has 3 N–H and O–H groups in total. The molecule has 1 rings (SSSR count). The number of rotatable bonds is 1. The van der Waals surface area contributed by atoms with Crippen LogP contribution in [0, 0.1) is 0 Å². The average molecular weight is 225 g/mol. The Bertz CT molecular complexity index is 209. The molecule has 1 aromatic rings. The van der Waals surface area contributed by atoms with Crippen molar-refractivity contribution < 1.29 is 34.2 Å². The van der Waals surface area contributed by atoms with Crippen LogP contribution < -0.4 is 5.30 Å². The van der Waals surface area contributed by atoms with E-state index in [1.165, 1.54) is 12.1 Å². The van der Waals surface area contributed by atoms with Gasteiger partial charge in [0.15, 0.2) is 0 Å². The summed E-state index contributed by atoms with van der Waals surface area (Å²) in [6, 6.07) is 7.97. The normalized spacial score (nSPS) is 11.9. The Labute approximate surface area is 78.0 Å². The molecule has 11 heavy (non-hydrogen) atoms. The van der Waals surface area contributed by atoms with Crippen LogP contribution in [0.15, 0.2) is 30.3 Å². The van der Waals surface area contributed by atoms with Crippen LogP contribution in [0.2, 0.25) is 0 Å². The molecule has 0 heterocycles. The minimum atomic E-state index is -4.03. The third-order valence-corrected chi connectivity index (χ3v) is 2.27. The predicted molar refractivity (Wildman–Crippen MR) is 41.0 cm³/mol. The molecule has 0 unspecified atom stereocenters. The summed E-state index contributed by atoms with van der Waals surface area (Å²) in [5, 5.41) is 0.204. The first-order valence-corrected chi connectivity index (χ1v) is 4.67. The van der Waals surface area contributed by atoms with Crippen molar-refractivity contribution >= 4 is 13.2 Å². The smallest absolute Gasteiger partial charge is 0 e. The van der Waals surface area contributed by atoms with Crippen LogP contribution in [-0.2, 0) is 19.5 Å². The Kier molecular flexibility index (Phi) is 4.31. The molecule has 0 aliphatic rings. The standard InChI is InChI=1S/C6H9O3P.Zn/c7-10(8,9)6-4-2-1-3-5-6;/h1-5,7-10H;. The fourth-order valence-corrected chi connectivity index (χ4v) is 1.30. The van der Waals surface area contributed by atoms with Crippen LogP contribution in [-0.4, -0.2) is 14.7 Å². The van der Waals surface area contributed by atoms with Crippen LogP contribution in [0.5, 0.6) is 0 Å². The molecule has 3 nitrogen and oxygen atoms in total. The second kappa shape index (κ2) is 4.25. The molecule has 0 aliphatic heterocycles. The van der Waals surface area contributed by atoms with E-state index in [0.29, 0.717) is 0 Å². The van der Waals surface area contributed by atoms with Crippen molar-refractivity contribution in [2.45, 2.75) is 0 Å². The van der Waals surface area contributed by atoms with Crippen molar-refractivity contribution in [3.63, 3.8) is 0 Å². The molecule has 0 radical (unpaired) electrons. The summed E-state index contributed by atoms with van der Waals surface area (Å²) >= 11 is 0. The second-order valence-electron chi connectivity index (χ2n) is 2.00. The Morgan fingerprint density at radius 3 is 1.64 bits per heavy atom. The van der Waals surface area contributed by atoms with Crippen molar-refractivity contribution in [1.29, 1.82) is 0 Å². The van der Waals surface area contributed by atoms with E-state index in [0.717, 1.165) is 0 Å². The molecular formula is C6H9O3PZn. The van der Waals surface area contributed by atoms with E-state index in [2.05, 4.69) is 0 Å². The molecule has 0 saturated heterocycles. The maximum atomic E-state index is 8.74. The summed E-state index contributed by atoms with van der Waals surface area (Å²) in [5.41, 5.74) is 0. The van der Waals surface area contributed by atoms with E-state index in [1.54, 1.807) is 18.2 Å².